The van der Waals surface area contributed by atoms with E-state index in [1.54, 1.807) is 19.9 Å². The molecule has 2 N–H and O–H groups in total. The number of anilines is 1. The molecular formula is C16H26N2O5S. The monoisotopic (exact) mass is 358 g/mol. The predicted molar refractivity (Wildman–Crippen MR) is 91.3 cm³/mol. The van der Waals surface area contributed by atoms with Gasteiger partial charge in [-0.3, -0.25) is 9.00 Å². The first kappa shape index (κ1) is 19.1. The number of amides is 1. The minimum absolute atomic E-state index is 0.0410. The van der Waals surface area contributed by atoms with Crippen LogP contribution >= 0.6 is 0 Å². The minimum atomic E-state index is -1.32. The summed E-state index contributed by atoms with van der Waals surface area (Å²) in [5.41, 5.74) is -0.587. The van der Waals surface area contributed by atoms with Crippen molar-refractivity contribution in [1.29, 1.82) is 0 Å². The van der Waals surface area contributed by atoms with Crippen LogP contribution in [0, 0.1) is 0 Å². The predicted octanol–water partition coefficient (Wildman–Crippen LogP) is 1.59. The number of nitrogens with one attached hydrogen (secondary N) is 1. The Morgan fingerprint density at radius 1 is 1.38 bits per heavy atom. The number of aliphatic hydroxyl groups excluding tert-OH is 1. The SMILES string of the molecule is CC(C)(CO)c1cc(NC(=O)C(C)(C)S(=O)C2CCOCC2)no1. The number of rotatable bonds is 6. The highest BCUT2D eigenvalue weighted by Gasteiger charge is 2.39. The van der Waals surface area contributed by atoms with Crippen LogP contribution in [0.15, 0.2) is 10.6 Å². The molecule has 1 aliphatic heterocycles. The van der Waals surface area contributed by atoms with Gasteiger partial charge < -0.3 is 19.7 Å². The van der Waals surface area contributed by atoms with Crippen LogP contribution in [0.2, 0.25) is 0 Å². The summed E-state index contributed by atoms with van der Waals surface area (Å²) in [7, 11) is -1.32. The number of hydrogen-bond acceptors (Lipinski definition) is 6. The van der Waals surface area contributed by atoms with E-state index in [0.717, 1.165) is 0 Å². The maximum atomic E-state index is 12.8. The molecule has 24 heavy (non-hydrogen) atoms. The first-order valence-corrected chi connectivity index (χ1v) is 9.27. The number of aliphatic hydroxyl groups is 1. The molecule has 0 aromatic carbocycles. The second kappa shape index (κ2) is 7.33. The molecule has 1 fully saturated rings. The lowest BCUT2D eigenvalue weighted by Crippen LogP contribution is -2.46. The van der Waals surface area contributed by atoms with E-state index in [9.17, 15) is 14.1 Å². The lowest BCUT2D eigenvalue weighted by Gasteiger charge is -2.30. The molecule has 1 atom stereocenters. The van der Waals surface area contributed by atoms with E-state index in [1.807, 2.05) is 13.8 Å². The minimum Gasteiger partial charge on any atom is -0.395 e. The van der Waals surface area contributed by atoms with Crippen molar-refractivity contribution in [2.45, 2.75) is 55.9 Å². The Hall–Kier alpha value is -1.25. The average Bonchev–Trinajstić information content (AvgIpc) is 3.04. The van der Waals surface area contributed by atoms with E-state index in [4.69, 9.17) is 9.26 Å². The molecule has 1 aromatic heterocycles. The fourth-order valence-corrected chi connectivity index (χ4v) is 4.08. The highest BCUT2D eigenvalue weighted by molar-refractivity contribution is 7.87. The Kier molecular flexibility index (Phi) is 5.83. The summed E-state index contributed by atoms with van der Waals surface area (Å²) in [4.78, 5) is 12.6. The van der Waals surface area contributed by atoms with Crippen molar-refractivity contribution in [2.75, 3.05) is 25.1 Å². The van der Waals surface area contributed by atoms with E-state index < -0.39 is 21.0 Å². The van der Waals surface area contributed by atoms with Crippen molar-refractivity contribution < 1.29 is 23.4 Å². The van der Waals surface area contributed by atoms with Crippen molar-refractivity contribution in [1.82, 2.24) is 5.16 Å². The van der Waals surface area contributed by atoms with Gasteiger partial charge in [0.2, 0.25) is 5.91 Å². The van der Waals surface area contributed by atoms with Crippen LogP contribution in [0.25, 0.3) is 0 Å². The van der Waals surface area contributed by atoms with Gasteiger partial charge in [-0.1, -0.05) is 19.0 Å². The standard InChI is InChI=1S/C16H26N2O5S/c1-15(2,10-19)12-9-13(18-23-12)17-14(20)16(3,4)24(21)11-5-7-22-8-6-11/h9,11,19H,5-8,10H2,1-4H3,(H,17,18,20). The van der Waals surface area contributed by atoms with Gasteiger partial charge in [0, 0.05) is 40.7 Å². The molecular weight excluding hydrogens is 332 g/mol. The molecule has 1 unspecified atom stereocenters. The molecule has 1 saturated heterocycles. The Labute approximate surface area is 144 Å². The third-order valence-electron chi connectivity index (χ3n) is 4.33. The summed E-state index contributed by atoms with van der Waals surface area (Å²) < 4.78 is 22.2. The van der Waals surface area contributed by atoms with Crippen LogP contribution in [-0.2, 0) is 25.7 Å². The van der Waals surface area contributed by atoms with Gasteiger partial charge in [-0.05, 0) is 26.7 Å². The molecule has 1 aliphatic rings. The fraction of sp³-hybridized carbons (Fsp3) is 0.750. The topological polar surface area (TPSA) is 102 Å². The van der Waals surface area contributed by atoms with Gasteiger partial charge in [0.1, 0.15) is 10.5 Å². The Morgan fingerprint density at radius 2 is 2.00 bits per heavy atom. The first-order valence-electron chi connectivity index (χ1n) is 8.06. The largest absolute Gasteiger partial charge is 0.395 e. The van der Waals surface area contributed by atoms with E-state index in [-0.39, 0.29) is 23.6 Å². The Balaban J connectivity index is 2.06. The fourth-order valence-electron chi connectivity index (χ4n) is 2.40. The maximum absolute atomic E-state index is 12.8. The van der Waals surface area contributed by atoms with Crippen molar-refractivity contribution in [2.24, 2.45) is 0 Å². The van der Waals surface area contributed by atoms with Gasteiger partial charge in [-0.15, -0.1) is 0 Å². The van der Waals surface area contributed by atoms with Crippen molar-refractivity contribution in [3.63, 3.8) is 0 Å². The normalized spacial score (nSPS) is 18.4. The number of hydrogen-bond donors (Lipinski definition) is 2. The van der Waals surface area contributed by atoms with E-state index in [1.165, 1.54) is 0 Å². The lowest BCUT2D eigenvalue weighted by atomic mass is 9.92. The van der Waals surface area contributed by atoms with Crippen molar-refractivity contribution in [3.8, 4) is 0 Å². The zero-order valence-corrected chi connectivity index (χ0v) is 15.4. The molecule has 0 radical (unpaired) electrons. The lowest BCUT2D eigenvalue weighted by molar-refractivity contribution is -0.117. The summed E-state index contributed by atoms with van der Waals surface area (Å²) in [6, 6.07) is 1.58. The summed E-state index contributed by atoms with van der Waals surface area (Å²) in [5, 5.41) is 15.8. The van der Waals surface area contributed by atoms with Crippen LogP contribution in [0.4, 0.5) is 5.82 Å². The van der Waals surface area contributed by atoms with Gasteiger partial charge in [0.15, 0.2) is 5.82 Å². The molecule has 0 spiro atoms. The third-order valence-corrected chi connectivity index (χ3v) is 6.60. The molecule has 0 bridgehead atoms. The van der Waals surface area contributed by atoms with Gasteiger partial charge in [0.05, 0.1) is 6.61 Å². The molecule has 7 nitrogen and oxygen atoms in total. The van der Waals surface area contributed by atoms with Gasteiger partial charge in [-0.2, -0.15) is 0 Å². The van der Waals surface area contributed by atoms with Crippen molar-refractivity contribution in [3.05, 3.63) is 11.8 Å². The first-order chi connectivity index (χ1) is 11.2. The molecule has 0 saturated carbocycles. The number of aromatic nitrogens is 1. The zero-order valence-electron chi connectivity index (χ0n) is 14.6. The van der Waals surface area contributed by atoms with Gasteiger partial charge in [-0.25, -0.2) is 0 Å². The molecule has 0 aliphatic carbocycles. The van der Waals surface area contributed by atoms with Gasteiger partial charge in [0.25, 0.3) is 0 Å². The second-order valence-corrected chi connectivity index (χ2v) is 9.47. The summed E-state index contributed by atoms with van der Waals surface area (Å²) in [5.74, 6) is 0.367. The average molecular weight is 358 g/mol. The molecule has 2 heterocycles. The molecule has 136 valence electrons. The quantitative estimate of drug-likeness (QED) is 0.801. The van der Waals surface area contributed by atoms with Crippen LogP contribution in [0.3, 0.4) is 0 Å². The third kappa shape index (κ3) is 4.04. The Morgan fingerprint density at radius 3 is 2.58 bits per heavy atom. The van der Waals surface area contributed by atoms with Crippen LogP contribution in [0.1, 0.15) is 46.3 Å². The number of ether oxygens (including phenoxy) is 1. The zero-order chi connectivity index (χ0) is 18.0. The smallest absolute Gasteiger partial charge is 0.243 e. The highest BCUT2D eigenvalue weighted by atomic mass is 32.2. The Bertz CT molecular complexity index is 605. The van der Waals surface area contributed by atoms with Crippen LogP contribution < -0.4 is 5.32 Å². The van der Waals surface area contributed by atoms with Gasteiger partial charge >= 0.3 is 0 Å². The molecule has 2 rings (SSSR count). The highest BCUT2D eigenvalue weighted by Crippen LogP contribution is 2.27. The number of carbonyl (C=O) groups is 1. The summed E-state index contributed by atoms with van der Waals surface area (Å²) in [6.07, 6.45) is 1.39. The molecule has 1 amide bonds. The van der Waals surface area contributed by atoms with Crippen LogP contribution in [0.5, 0.6) is 0 Å². The maximum Gasteiger partial charge on any atom is 0.243 e. The number of carbonyl (C=O) groups excluding carboxylic acids is 1. The molecule has 8 heteroatoms. The van der Waals surface area contributed by atoms with Crippen molar-refractivity contribution >= 4 is 22.5 Å². The summed E-state index contributed by atoms with van der Waals surface area (Å²) >= 11 is 0. The van der Waals surface area contributed by atoms with E-state index in [0.29, 0.717) is 31.8 Å². The molecule has 1 aromatic rings. The second-order valence-electron chi connectivity index (χ2n) is 7.19. The summed E-state index contributed by atoms with van der Waals surface area (Å²) in [6.45, 7) is 8.02. The van der Waals surface area contributed by atoms with E-state index in [2.05, 4.69) is 10.5 Å². The number of nitrogens with zero attached hydrogens (tertiary/aromatic N) is 1. The van der Waals surface area contributed by atoms with E-state index >= 15 is 0 Å². The van der Waals surface area contributed by atoms with Crippen LogP contribution in [-0.4, -0.2) is 50.2 Å².